The fraction of sp³-hybridized carbons (Fsp3) is 0.400. The first-order valence-corrected chi connectivity index (χ1v) is 8.72. The van der Waals surface area contributed by atoms with Crippen molar-refractivity contribution in [3.8, 4) is 5.75 Å². The molecule has 0 fully saturated rings. The lowest BCUT2D eigenvalue weighted by molar-refractivity contribution is 0.477. The maximum atomic E-state index is 11.6. The second-order valence-electron chi connectivity index (χ2n) is 4.33. The molecule has 19 heavy (non-hydrogen) atoms. The van der Waals surface area contributed by atoms with E-state index < -0.39 is 20.0 Å². The first-order valence-electron chi connectivity index (χ1n) is 5.34. The zero-order chi connectivity index (χ0) is 14.8. The highest BCUT2D eigenvalue weighted by Gasteiger charge is 2.16. The molecule has 0 amide bonds. The van der Waals surface area contributed by atoms with E-state index in [4.69, 9.17) is 0 Å². The van der Waals surface area contributed by atoms with Crippen LogP contribution in [-0.2, 0) is 20.0 Å². The molecule has 0 spiro atoms. The van der Waals surface area contributed by atoms with E-state index in [0.29, 0.717) is 0 Å². The van der Waals surface area contributed by atoms with Gasteiger partial charge in [0.05, 0.1) is 10.6 Å². The first kappa shape index (κ1) is 15.7. The van der Waals surface area contributed by atoms with Crippen molar-refractivity contribution in [1.29, 1.82) is 0 Å². The number of phenolic OH excluding ortho intramolecular Hbond substituents is 1. The van der Waals surface area contributed by atoms with Gasteiger partial charge in [-0.3, -0.25) is 4.72 Å². The van der Waals surface area contributed by atoms with Crippen molar-refractivity contribution in [2.24, 2.45) is 0 Å². The summed E-state index contributed by atoms with van der Waals surface area (Å²) in [7, 11) is -7.36. The molecule has 0 aliphatic heterocycles. The van der Waals surface area contributed by atoms with Crippen LogP contribution >= 0.6 is 0 Å². The van der Waals surface area contributed by atoms with E-state index in [2.05, 4.69) is 9.44 Å². The number of sulfone groups is 1. The van der Waals surface area contributed by atoms with Crippen LogP contribution in [0.5, 0.6) is 5.75 Å². The number of anilines is 1. The van der Waals surface area contributed by atoms with E-state index in [1.54, 1.807) is 13.8 Å². The monoisotopic (exact) mass is 308 g/mol. The molecule has 0 aromatic heterocycles. The summed E-state index contributed by atoms with van der Waals surface area (Å²) in [5.74, 6) is -0.360. The highest BCUT2D eigenvalue weighted by molar-refractivity contribution is 7.91. The highest BCUT2D eigenvalue weighted by Crippen LogP contribution is 2.27. The van der Waals surface area contributed by atoms with Gasteiger partial charge in [-0.2, -0.15) is 13.1 Å². The Morgan fingerprint density at radius 3 is 2.21 bits per heavy atom. The third kappa shape index (κ3) is 4.69. The Bertz CT molecular complexity index is 665. The average Bonchev–Trinajstić information content (AvgIpc) is 2.17. The van der Waals surface area contributed by atoms with Crippen LogP contribution in [0.1, 0.15) is 13.8 Å². The van der Waals surface area contributed by atoms with Gasteiger partial charge in [0, 0.05) is 12.3 Å². The molecule has 0 atom stereocenters. The molecule has 0 saturated heterocycles. The number of phenols is 1. The molecule has 0 bridgehead atoms. The normalized spacial score (nSPS) is 12.6. The Kier molecular flexibility index (Phi) is 4.43. The molecular formula is C10H16N2O5S2. The van der Waals surface area contributed by atoms with Crippen molar-refractivity contribution >= 4 is 25.7 Å². The van der Waals surface area contributed by atoms with Gasteiger partial charge in [-0.25, -0.2) is 8.42 Å². The van der Waals surface area contributed by atoms with Crippen LogP contribution < -0.4 is 9.44 Å². The number of nitrogens with one attached hydrogen (secondary N) is 2. The topological polar surface area (TPSA) is 113 Å². The largest absolute Gasteiger partial charge is 0.506 e. The summed E-state index contributed by atoms with van der Waals surface area (Å²) in [6.07, 6.45) is 0.990. The Labute approximate surface area is 112 Å². The fourth-order valence-corrected chi connectivity index (χ4v) is 3.09. The van der Waals surface area contributed by atoms with Crippen LogP contribution in [0, 0.1) is 0 Å². The molecular weight excluding hydrogens is 292 g/mol. The summed E-state index contributed by atoms with van der Waals surface area (Å²) in [5.41, 5.74) is -0.198. The number of benzene rings is 1. The second-order valence-corrected chi connectivity index (χ2v) is 7.79. The maximum absolute atomic E-state index is 11.6. The predicted molar refractivity (Wildman–Crippen MR) is 72.0 cm³/mol. The molecule has 0 radical (unpaired) electrons. The van der Waals surface area contributed by atoms with Gasteiger partial charge in [0.1, 0.15) is 5.75 Å². The minimum absolute atomic E-state index is 0.0902. The minimum atomic E-state index is -3.87. The van der Waals surface area contributed by atoms with Gasteiger partial charge < -0.3 is 5.11 Å². The Balaban J connectivity index is 3.15. The van der Waals surface area contributed by atoms with Crippen LogP contribution in [0.3, 0.4) is 0 Å². The van der Waals surface area contributed by atoms with Gasteiger partial charge in [-0.05, 0) is 32.0 Å². The molecule has 7 nitrogen and oxygen atoms in total. The van der Waals surface area contributed by atoms with Crippen LogP contribution in [0.15, 0.2) is 23.1 Å². The Morgan fingerprint density at radius 2 is 1.74 bits per heavy atom. The van der Waals surface area contributed by atoms with Crippen molar-refractivity contribution < 1.29 is 21.9 Å². The molecule has 1 rings (SSSR count). The molecule has 0 aliphatic rings. The average molecular weight is 308 g/mol. The van der Waals surface area contributed by atoms with Crippen molar-refractivity contribution in [3.63, 3.8) is 0 Å². The number of aromatic hydroxyl groups is 1. The zero-order valence-electron chi connectivity index (χ0n) is 10.7. The van der Waals surface area contributed by atoms with Gasteiger partial charge >= 0.3 is 0 Å². The first-order chi connectivity index (χ1) is 8.51. The van der Waals surface area contributed by atoms with Crippen molar-refractivity contribution in [2.45, 2.75) is 24.8 Å². The molecule has 0 unspecified atom stereocenters. The van der Waals surface area contributed by atoms with E-state index in [1.165, 1.54) is 6.07 Å². The van der Waals surface area contributed by atoms with Crippen LogP contribution in [-0.4, -0.2) is 34.2 Å². The van der Waals surface area contributed by atoms with Crippen molar-refractivity contribution in [2.75, 3.05) is 11.0 Å². The summed E-state index contributed by atoms with van der Waals surface area (Å²) < 4.78 is 50.3. The summed E-state index contributed by atoms with van der Waals surface area (Å²) >= 11 is 0. The van der Waals surface area contributed by atoms with Crippen LogP contribution in [0.25, 0.3) is 0 Å². The van der Waals surface area contributed by atoms with Crippen molar-refractivity contribution in [1.82, 2.24) is 4.72 Å². The highest BCUT2D eigenvalue weighted by atomic mass is 32.2. The lowest BCUT2D eigenvalue weighted by Crippen LogP contribution is -2.35. The molecule has 108 valence electrons. The Hall–Kier alpha value is -1.32. The van der Waals surface area contributed by atoms with Gasteiger partial charge in [0.15, 0.2) is 9.84 Å². The summed E-state index contributed by atoms with van der Waals surface area (Å²) in [4.78, 5) is -0.0902. The van der Waals surface area contributed by atoms with E-state index in [-0.39, 0.29) is 22.4 Å². The quantitative estimate of drug-likeness (QED) is 0.684. The van der Waals surface area contributed by atoms with Gasteiger partial charge in [0.2, 0.25) is 0 Å². The molecule has 1 aromatic rings. The number of hydrogen-bond acceptors (Lipinski definition) is 5. The molecule has 9 heteroatoms. The molecule has 3 N–H and O–H groups in total. The summed E-state index contributed by atoms with van der Waals surface area (Å²) in [6, 6.07) is 3.03. The number of hydrogen-bond donors (Lipinski definition) is 3. The second kappa shape index (κ2) is 5.35. The fourth-order valence-electron chi connectivity index (χ4n) is 1.31. The number of rotatable bonds is 5. The summed E-state index contributed by atoms with van der Waals surface area (Å²) in [6.45, 7) is 3.26. The van der Waals surface area contributed by atoms with Gasteiger partial charge in [-0.15, -0.1) is 0 Å². The molecule has 0 saturated carbocycles. The third-order valence-electron chi connectivity index (χ3n) is 2.03. The maximum Gasteiger partial charge on any atom is 0.299 e. The molecule has 1 aromatic carbocycles. The molecule has 0 heterocycles. The van der Waals surface area contributed by atoms with E-state index in [1.807, 2.05) is 0 Å². The van der Waals surface area contributed by atoms with Crippen molar-refractivity contribution in [3.05, 3.63) is 18.2 Å². The van der Waals surface area contributed by atoms with Gasteiger partial charge in [0.25, 0.3) is 10.2 Å². The summed E-state index contributed by atoms with van der Waals surface area (Å²) in [5, 5.41) is 9.55. The lowest BCUT2D eigenvalue weighted by Gasteiger charge is -2.13. The van der Waals surface area contributed by atoms with Crippen LogP contribution in [0.2, 0.25) is 0 Å². The molecule has 0 aliphatic carbocycles. The van der Waals surface area contributed by atoms with E-state index in [0.717, 1.165) is 18.4 Å². The van der Waals surface area contributed by atoms with Crippen LogP contribution in [0.4, 0.5) is 5.69 Å². The smallest absolute Gasteiger partial charge is 0.299 e. The SMILES string of the molecule is CC(C)NS(=O)(=O)Nc1cc(S(C)(=O)=O)ccc1O. The minimum Gasteiger partial charge on any atom is -0.506 e. The third-order valence-corrected chi connectivity index (χ3v) is 4.41. The Morgan fingerprint density at radius 1 is 1.16 bits per heavy atom. The standard InChI is InChI=1S/C10H16N2O5S2/c1-7(2)11-19(16,17)12-9-6-8(18(3,14)15)4-5-10(9)13/h4-7,11-13H,1-3H3. The van der Waals surface area contributed by atoms with E-state index in [9.17, 15) is 21.9 Å². The zero-order valence-corrected chi connectivity index (χ0v) is 12.3. The van der Waals surface area contributed by atoms with Gasteiger partial charge in [-0.1, -0.05) is 0 Å². The van der Waals surface area contributed by atoms with E-state index >= 15 is 0 Å². The lowest BCUT2D eigenvalue weighted by atomic mass is 10.3. The predicted octanol–water partition coefficient (Wildman–Crippen LogP) is 0.450.